The van der Waals surface area contributed by atoms with Crippen molar-refractivity contribution in [1.29, 1.82) is 5.26 Å². The van der Waals surface area contributed by atoms with Gasteiger partial charge in [0.25, 0.3) is 0 Å². The van der Waals surface area contributed by atoms with Crippen molar-refractivity contribution in [3.8, 4) is 6.07 Å². The van der Waals surface area contributed by atoms with Crippen molar-refractivity contribution in [2.24, 2.45) is 5.41 Å². The van der Waals surface area contributed by atoms with Gasteiger partial charge in [-0.15, -0.1) is 11.8 Å². The van der Waals surface area contributed by atoms with E-state index < -0.39 is 0 Å². The Morgan fingerprint density at radius 3 is 2.82 bits per heavy atom. The summed E-state index contributed by atoms with van der Waals surface area (Å²) >= 11 is 1.88. The second kappa shape index (κ2) is 5.14. The lowest BCUT2D eigenvalue weighted by Crippen LogP contribution is -2.08. The van der Waals surface area contributed by atoms with Gasteiger partial charge in [-0.2, -0.15) is 5.26 Å². The van der Waals surface area contributed by atoms with Gasteiger partial charge in [0, 0.05) is 4.90 Å². The fourth-order valence-electron chi connectivity index (χ4n) is 2.12. The van der Waals surface area contributed by atoms with Crippen molar-refractivity contribution in [3.63, 3.8) is 0 Å². The Bertz CT molecular complexity index is 443. The van der Waals surface area contributed by atoms with Crippen LogP contribution in [0, 0.1) is 16.7 Å². The summed E-state index contributed by atoms with van der Waals surface area (Å²) in [4.78, 5) is 1.36. The second-order valence-electron chi connectivity index (χ2n) is 5.38. The topological polar surface area (TPSA) is 23.8 Å². The molecule has 2 rings (SSSR count). The van der Waals surface area contributed by atoms with Gasteiger partial charge in [0.1, 0.15) is 0 Å². The number of hydrogen-bond donors (Lipinski definition) is 0. The summed E-state index contributed by atoms with van der Waals surface area (Å²) in [5, 5.41) is 8.96. The molecule has 0 bridgehead atoms. The number of nitrogens with zero attached hydrogens (tertiary/aromatic N) is 1. The molecule has 0 aliphatic heterocycles. The summed E-state index contributed by atoms with van der Waals surface area (Å²) in [5.41, 5.74) is 2.88. The normalized spacial score (nSPS) is 14.4. The molecule has 17 heavy (non-hydrogen) atoms. The maximum absolute atomic E-state index is 8.96. The van der Waals surface area contributed by atoms with Crippen LogP contribution in [-0.2, 0) is 12.8 Å². The van der Waals surface area contributed by atoms with Gasteiger partial charge in [-0.1, -0.05) is 6.07 Å². The molecule has 0 spiro atoms. The van der Waals surface area contributed by atoms with Gasteiger partial charge >= 0.3 is 0 Å². The van der Waals surface area contributed by atoms with Crippen LogP contribution in [0.3, 0.4) is 0 Å². The largest absolute Gasteiger partial charge is 0.198 e. The molecule has 0 fully saturated rings. The quantitative estimate of drug-likeness (QED) is 0.742. The molecule has 0 radical (unpaired) electrons. The number of fused-ring (bicyclic) bond motifs is 1. The molecule has 0 saturated heterocycles. The summed E-state index contributed by atoms with van der Waals surface area (Å²) in [6.07, 6.45) is 4.76. The average molecular weight is 245 g/mol. The Kier molecular flexibility index (Phi) is 3.79. The van der Waals surface area contributed by atoms with E-state index in [1.165, 1.54) is 35.3 Å². The Morgan fingerprint density at radius 1 is 1.29 bits per heavy atom. The Morgan fingerprint density at radius 2 is 2.06 bits per heavy atom. The maximum Gasteiger partial charge on any atom is 0.0684 e. The van der Waals surface area contributed by atoms with Crippen LogP contribution in [-0.4, -0.2) is 5.75 Å². The third-order valence-electron chi connectivity index (χ3n) is 3.37. The van der Waals surface area contributed by atoms with Crippen molar-refractivity contribution in [2.75, 3.05) is 5.75 Å². The van der Waals surface area contributed by atoms with Gasteiger partial charge in [0.2, 0.25) is 0 Å². The lowest BCUT2D eigenvalue weighted by Gasteiger charge is -2.14. The number of thioether (sulfide) groups is 1. The summed E-state index contributed by atoms with van der Waals surface area (Å²) < 4.78 is 0. The third-order valence-corrected chi connectivity index (χ3v) is 4.36. The number of benzene rings is 1. The highest BCUT2D eigenvalue weighted by Crippen LogP contribution is 2.30. The summed E-state index contributed by atoms with van der Waals surface area (Å²) in [6.45, 7) is 4.02. The first-order valence-corrected chi connectivity index (χ1v) is 7.25. The van der Waals surface area contributed by atoms with Crippen LogP contribution in [0.4, 0.5) is 0 Å². The first kappa shape index (κ1) is 12.5. The van der Waals surface area contributed by atoms with Crippen molar-refractivity contribution >= 4 is 11.8 Å². The monoisotopic (exact) mass is 245 g/mol. The SMILES string of the molecule is CC(C)(C#N)CCSc1ccc2c(c1)CCC2. The molecule has 1 aromatic rings. The van der Waals surface area contributed by atoms with Crippen LogP contribution in [0.25, 0.3) is 0 Å². The molecule has 0 amide bonds. The van der Waals surface area contributed by atoms with E-state index in [9.17, 15) is 0 Å². The molecule has 1 nitrogen and oxygen atoms in total. The van der Waals surface area contributed by atoms with Crippen LogP contribution < -0.4 is 0 Å². The van der Waals surface area contributed by atoms with Crippen molar-refractivity contribution in [1.82, 2.24) is 0 Å². The molecule has 0 N–H and O–H groups in total. The van der Waals surface area contributed by atoms with E-state index in [1.807, 2.05) is 25.6 Å². The zero-order valence-corrected chi connectivity index (χ0v) is 11.4. The zero-order chi connectivity index (χ0) is 12.3. The highest BCUT2D eigenvalue weighted by atomic mass is 32.2. The van der Waals surface area contributed by atoms with Crippen molar-refractivity contribution in [3.05, 3.63) is 29.3 Å². The molecular formula is C15H19NS. The van der Waals surface area contributed by atoms with Gasteiger partial charge in [-0.25, -0.2) is 0 Å². The van der Waals surface area contributed by atoms with Crippen LogP contribution in [0.1, 0.15) is 37.8 Å². The average Bonchev–Trinajstić information content (AvgIpc) is 2.76. The molecule has 0 aromatic heterocycles. The third kappa shape index (κ3) is 3.26. The molecular weight excluding hydrogens is 226 g/mol. The van der Waals surface area contributed by atoms with E-state index in [2.05, 4.69) is 24.3 Å². The Balaban J connectivity index is 1.90. The molecule has 2 heteroatoms. The van der Waals surface area contributed by atoms with E-state index in [1.54, 1.807) is 0 Å². The predicted octanol–water partition coefficient (Wildman–Crippen LogP) is 4.21. The van der Waals surface area contributed by atoms with E-state index in [-0.39, 0.29) is 5.41 Å². The van der Waals surface area contributed by atoms with Gasteiger partial charge < -0.3 is 0 Å². The number of hydrogen-bond acceptors (Lipinski definition) is 2. The minimum atomic E-state index is -0.191. The van der Waals surface area contributed by atoms with E-state index >= 15 is 0 Å². The van der Waals surface area contributed by atoms with Gasteiger partial charge in [0.05, 0.1) is 11.5 Å². The Labute approximate surface area is 108 Å². The van der Waals surface area contributed by atoms with Crippen LogP contribution in [0.15, 0.2) is 23.1 Å². The van der Waals surface area contributed by atoms with Gasteiger partial charge in [0.15, 0.2) is 0 Å². The number of aryl methyl sites for hydroxylation is 2. The predicted molar refractivity (Wildman–Crippen MR) is 73.2 cm³/mol. The second-order valence-corrected chi connectivity index (χ2v) is 6.55. The fraction of sp³-hybridized carbons (Fsp3) is 0.533. The minimum Gasteiger partial charge on any atom is -0.198 e. The smallest absolute Gasteiger partial charge is 0.0684 e. The number of rotatable bonds is 4. The number of nitriles is 1. The standard InChI is InChI=1S/C15H19NS/c1-15(2,11-16)8-9-17-14-7-6-12-4-3-5-13(12)10-14/h6-7,10H,3-5,8-9H2,1-2H3. The summed E-state index contributed by atoms with van der Waals surface area (Å²) in [5.74, 6) is 1.03. The van der Waals surface area contributed by atoms with Crippen molar-refractivity contribution in [2.45, 2.75) is 44.4 Å². The van der Waals surface area contributed by atoms with E-state index in [0.717, 1.165) is 12.2 Å². The molecule has 0 unspecified atom stereocenters. The minimum absolute atomic E-state index is 0.191. The Hall–Kier alpha value is -0.940. The lowest BCUT2D eigenvalue weighted by atomic mass is 9.93. The first-order chi connectivity index (χ1) is 8.11. The molecule has 1 aliphatic rings. The molecule has 1 aliphatic carbocycles. The van der Waals surface area contributed by atoms with Crippen LogP contribution in [0.5, 0.6) is 0 Å². The molecule has 0 atom stereocenters. The van der Waals surface area contributed by atoms with Crippen molar-refractivity contribution < 1.29 is 0 Å². The van der Waals surface area contributed by atoms with Crippen LogP contribution in [0.2, 0.25) is 0 Å². The maximum atomic E-state index is 8.96. The fourth-order valence-corrected chi connectivity index (χ4v) is 3.36. The molecule has 0 heterocycles. The van der Waals surface area contributed by atoms with Crippen LogP contribution >= 0.6 is 11.8 Å². The van der Waals surface area contributed by atoms with E-state index in [0.29, 0.717) is 0 Å². The zero-order valence-electron chi connectivity index (χ0n) is 10.6. The molecule has 1 aromatic carbocycles. The first-order valence-electron chi connectivity index (χ1n) is 6.27. The highest BCUT2D eigenvalue weighted by molar-refractivity contribution is 7.99. The molecule has 90 valence electrons. The molecule has 0 saturated carbocycles. The lowest BCUT2D eigenvalue weighted by molar-refractivity contribution is 0.482. The summed E-state index contributed by atoms with van der Waals surface area (Å²) in [6, 6.07) is 9.20. The van der Waals surface area contributed by atoms with E-state index in [4.69, 9.17) is 5.26 Å². The van der Waals surface area contributed by atoms with Gasteiger partial charge in [-0.3, -0.25) is 0 Å². The van der Waals surface area contributed by atoms with Gasteiger partial charge in [-0.05, 0) is 68.5 Å². The highest BCUT2D eigenvalue weighted by Gasteiger charge is 2.16. The summed E-state index contributed by atoms with van der Waals surface area (Å²) in [7, 11) is 0.